The second-order valence-electron chi connectivity index (χ2n) is 3.71. The first-order valence-electron chi connectivity index (χ1n) is 5.27. The molecule has 2 rings (SSSR count). The van der Waals surface area contributed by atoms with E-state index in [1.807, 2.05) is 0 Å². The average Bonchev–Trinajstić information content (AvgIpc) is 2.65. The molecule has 1 aliphatic heterocycles. The van der Waals surface area contributed by atoms with Gasteiger partial charge in [-0.05, 0) is 35.2 Å². The highest BCUT2D eigenvalue weighted by Gasteiger charge is 2.18. The Morgan fingerprint density at radius 2 is 2.56 bits per heavy atom. The summed E-state index contributed by atoms with van der Waals surface area (Å²) in [5.41, 5.74) is 0. The summed E-state index contributed by atoms with van der Waals surface area (Å²) in [6.07, 6.45) is 5.43. The van der Waals surface area contributed by atoms with Crippen molar-refractivity contribution in [2.45, 2.75) is 31.8 Å². The van der Waals surface area contributed by atoms with E-state index in [2.05, 4.69) is 26.2 Å². The Labute approximate surface area is 107 Å². The van der Waals surface area contributed by atoms with E-state index in [9.17, 15) is 4.79 Å². The molecule has 1 N–H and O–H groups in total. The highest BCUT2D eigenvalue weighted by atomic mass is 79.9. The van der Waals surface area contributed by atoms with E-state index in [0.717, 1.165) is 29.7 Å². The fraction of sp³-hybridized carbons (Fsp3) is 0.600. The van der Waals surface area contributed by atoms with Crippen LogP contribution in [0.25, 0.3) is 0 Å². The van der Waals surface area contributed by atoms with Gasteiger partial charge in [-0.15, -0.1) is 0 Å². The molecule has 0 saturated carbocycles. The lowest BCUT2D eigenvalue weighted by atomic mass is 10.1. The van der Waals surface area contributed by atoms with Crippen LogP contribution in [0.4, 0.5) is 5.13 Å². The van der Waals surface area contributed by atoms with Gasteiger partial charge < -0.3 is 10.1 Å². The van der Waals surface area contributed by atoms with Crippen molar-refractivity contribution in [3.63, 3.8) is 0 Å². The predicted octanol–water partition coefficient (Wildman–Crippen LogP) is 2.80. The molecule has 88 valence electrons. The molecule has 0 bridgehead atoms. The minimum absolute atomic E-state index is 0.0197. The third-order valence-corrected chi connectivity index (χ3v) is 3.80. The number of rotatable bonds is 3. The molecule has 0 aliphatic carbocycles. The Hall–Kier alpha value is -0.460. The predicted molar refractivity (Wildman–Crippen MR) is 66.7 cm³/mol. The van der Waals surface area contributed by atoms with Gasteiger partial charge in [-0.2, -0.15) is 0 Å². The summed E-state index contributed by atoms with van der Waals surface area (Å²) < 4.78 is 6.42. The van der Waals surface area contributed by atoms with Crippen LogP contribution in [0.3, 0.4) is 0 Å². The van der Waals surface area contributed by atoms with E-state index in [4.69, 9.17) is 4.74 Å². The first-order chi connectivity index (χ1) is 7.74. The molecule has 0 spiro atoms. The summed E-state index contributed by atoms with van der Waals surface area (Å²) in [4.78, 5) is 15.7. The van der Waals surface area contributed by atoms with Crippen LogP contribution in [-0.2, 0) is 9.53 Å². The lowest BCUT2D eigenvalue weighted by Crippen LogP contribution is -2.25. The second-order valence-corrected chi connectivity index (χ2v) is 6.12. The number of aromatic nitrogens is 1. The van der Waals surface area contributed by atoms with Gasteiger partial charge in [0.05, 0.1) is 22.5 Å². The highest BCUT2D eigenvalue weighted by Crippen LogP contribution is 2.23. The number of ether oxygens (including phenoxy) is 1. The summed E-state index contributed by atoms with van der Waals surface area (Å²) in [7, 11) is 0. The van der Waals surface area contributed by atoms with Gasteiger partial charge in [0.25, 0.3) is 0 Å². The molecule has 1 aliphatic rings. The molecular weight excluding hydrogens is 292 g/mol. The van der Waals surface area contributed by atoms with Crippen molar-refractivity contribution in [3.8, 4) is 0 Å². The van der Waals surface area contributed by atoms with Crippen LogP contribution in [0, 0.1) is 0 Å². The monoisotopic (exact) mass is 304 g/mol. The molecule has 1 aromatic heterocycles. The quantitative estimate of drug-likeness (QED) is 0.934. The van der Waals surface area contributed by atoms with Gasteiger partial charge in [-0.1, -0.05) is 11.3 Å². The number of hydrogen-bond donors (Lipinski definition) is 1. The minimum Gasteiger partial charge on any atom is -0.378 e. The lowest BCUT2D eigenvalue weighted by molar-refractivity contribution is -0.119. The van der Waals surface area contributed by atoms with Crippen molar-refractivity contribution in [2.24, 2.45) is 0 Å². The van der Waals surface area contributed by atoms with Crippen LogP contribution in [0.1, 0.15) is 25.7 Å². The fourth-order valence-corrected chi connectivity index (χ4v) is 2.78. The number of nitrogens with zero attached hydrogens (tertiary/aromatic N) is 1. The summed E-state index contributed by atoms with van der Waals surface area (Å²) in [6, 6.07) is 0. The van der Waals surface area contributed by atoms with E-state index in [-0.39, 0.29) is 12.0 Å². The molecule has 0 aromatic carbocycles. The van der Waals surface area contributed by atoms with Crippen LogP contribution in [0.15, 0.2) is 9.98 Å². The highest BCUT2D eigenvalue weighted by molar-refractivity contribution is 9.11. The third kappa shape index (κ3) is 3.54. The molecule has 1 amide bonds. The molecule has 2 heterocycles. The van der Waals surface area contributed by atoms with E-state index in [0.29, 0.717) is 11.6 Å². The van der Waals surface area contributed by atoms with Crippen LogP contribution in [0.2, 0.25) is 0 Å². The topological polar surface area (TPSA) is 51.2 Å². The van der Waals surface area contributed by atoms with Crippen molar-refractivity contribution in [1.82, 2.24) is 4.98 Å². The van der Waals surface area contributed by atoms with Gasteiger partial charge in [-0.3, -0.25) is 4.79 Å². The van der Waals surface area contributed by atoms with Gasteiger partial charge in [0.1, 0.15) is 0 Å². The van der Waals surface area contributed by atoms with Gasteiger partial charge in [0, 0.05) is 6.61 Å². The Kier molecular flexibility index (Phi) is 4.31. The van der Waals surface area contributed by atoms with Crippen LogP contribution >= 0.6 is 27.3 Å². The number of nitrogens with one attached hydrogen (secondary N) is 1. The molecule has 1 fully saturated rings. The molecule has 1 unspecified atom stereocenters. The molecule has 6 heteroatoms. The zero-order chi connectivity index (χ0) is 11.4. The minimum atomic E-state index is -0.0197. The molecule has 1 atom stereocenters. The van der Waals surface area contributed by atoms with Crippen molar-refractivity contribution in [2.75, 3.05) is 11.9 Å². The van der Waals surface area contributed by atoms with Crippen molar-refractivity contribution in [1.29, 1.82) is 0 Å². The van der Waals surface area contributed by atoms with Crippen molar-refractivity contribution < 1.29 is 9.53 Å². The van der Waals surface area contributed by atoms with E-state index in [1.54, 1.807) is 6.20 Å². The lowest BCUT2D eigenvalue weighted by Gasteiger charge is -2.21. The Morgan fingerprint density at radius 1 is 1.69 bits per heavy atom. The van der Waals surface area contributed by atoms with Crippen LogP contribution < -0.4 is 5.32 Å². The van der Waals surface area contributed by atoms with Crippen molar-refractivity contribution >= 4 is 38.3 Å². The molecule has 16 heavy (non-hydrogen) atoms. The van der Waals surface area contributed by atoms with Crippen LogP contribution in [0.5, 0.6) is 0 Å². The number of halogens is 1. The normalized spacial score (nSPS) is 20.7. The maximum atomic E-state index is 11.7. The van der Waals surface area contributed by atoms with Crippen LogP contribution in [-0.4, -0.2) is 23.6 Å². The van der Waals surface area contributed by atoms with Gasteiger partial charge >= 0.3 is 0 Å². The third-order valence-electron chi connectivity index (χ3n) is 2.41. The zero-order valence-corrected chi connectivity index (χ0v) is 11.1. The summed E-state index contributed by atoms with van der Waals surface area (Å²) in [5, 5.41) is 3.40. The fourth-order valence-electron chi connectivity index (χ4n) is 1.66. The number of amides is 1. The van der Waals surface area contributed by atoms with E-state index >= 15 is 0 Å². The SMILES string of the molecule is O=C(CC1CCCCO1)Nc1ncc(Br)s1. The van der Waals surface area contributed by atoms with E-state index in [1.165, 1.54) is 11.3 Å². The number of anilines is 1. The standard InChI is InChI=1S/C10H13BrN2O2S/c11-8-6-12-10(16-8)13-9(14)5-7-3-1-2-4-15-7/h6-7H,1-5H2,(H,12,13,14). The van der Waals surface area contributed by atoms with Gasteiger partial charge in [0.2, 0.25) is 5.91 Å². The number of carbonyl (C=O) groups is 1. The summed E-state index contributed by atoms with van der Waals surface area (Å²) in [6.45, 7) is 0.779. The molecular formula is C10H13BrN2O2S. The first-order valence-corrected chi connectivity index (χ1v) is 6.88. The molecule has 1 aromatic rings. The van der Waals surface area contributed by atoms with Crippen molar-refractivity contribution in [3.05, 3.63) is 9.98 Å². The Balaban J connectivity index is 1.79. The number of thiazole rings is 1. The Bertz CT molecular complexity index is 363. The second kappa shape index (κ2) is 5.75. The molecule has 0 radical (unpaired) electrons. The number of hydrogen-bond acceptors (Lipinski definition) is 4. The molecule has 1 saturated heterocycles. The maximum Gasteiger partial charge on any atom is 0.228 e. The zero-order valence-electron chi connectivity index (χ0n) is 8.74. The summed E-state index contributed by atoms with van der Waals surface area (Å²) >= 11 is 4.71. The smallest absolute Gasteiger partial charge is 0.228 e. The average molecular weight is 305 g/mol. The largest absolute Gasteiger partial charge is 0.378 e. The first kappa shape index (κ1) is 12.0. The maximum absolute atomic E-state index is 11.7. The van der Waals surface area contributed by atoms with E-state index < -0.39 is 0 Å². The summed E-state index contributed by atoms with van der Waals surface area (Å²) in [5.74, 6) is -0.0197. The number of carbonyl (C=O) groups excluding carboxylic acids is 1. The Morgan fingerprint density at radius 3 is 3.19 bits per heavy atom. The van der Waals surface area contributed by atoms with Gasteiger partial charge in [-0.25, -0.2) is 4.98 Å². The van der Waals surface area contributed by atoms with Gasteiger partial charge in [0.15, 0.2) is 5.13 Å². The molecule has 4 nitrogen and oxygen atoms in total.